The van der Waals surface area contributed by atoms with Crippen molar-refractivity contribution in [2.45, 2.75) is 18.9 Å². The van der Waals surface area contributed by atoms with E-state index in [4.69, 9.17) is 5.73 Å². The number of rotatable bonds is 4. The lowest BCUT2D eigenvalue weighted by Crippen LogP contribution is -2.42. The zero-order valence-corrected chi connectivity index (χ0v) is 10.9. The summed E-state index contributed by atoms with van der Waals surface area (Å²) in [5, 5.41) is 2.46. The molecule has 1 aliphatic rings. The third kappa shape index (κ3) is 2.22. The van der Waals surface area contributed by atoms with E-state index in [2.05, 4.69) is 5.32 Å². The molecule has 0 bridgehead atoms. The first-order valence-corrected chi connectivity index (χ1v) is 6.03. The van der Waals surface area contributed by atoms with Crippen LogP contribution in [0.25, 0.3) is 0 Å². The Morgan fingerprint density at radius 2 is 2.05 bits per heavy atom. The summed E-state index contributed by atoms with van der Waals surface area (Å²) in [7, 11) is 0. The number of hydrogen-bond donors (Lipinski definition) is 2. The van der Waals surface area contributed by atoms with Gasteiger partial charge in [-0.2, -0.15) is 0 Å². The van der Waals surface area contributed by atoms with E-state index in [0.29, 0.717) is 0 Å². The molecule has 1 aromatic rings. The molecule has 0 saturated carbocycles. The van der Waals surface area contributed by atoms with Crippen LogP contribution in [0.1, 0.15) is 18.9 Å². The number of nitrogens with zero attached hydrogens (tertiary/aromatic N) is 1. The average Bonchev–Trinajstić information content (AvgIpc) is 2.59. The van der Waals surface area contributed by atoms with Crippen LogP contribution in [0.15, 0.2) is 24.3 Å². The molecule has 20 heavy (non-hydrogen) atoms. The van der Waals surface area contributed by atoms with Crippen LogP contribution in [0.3, 0.4) is 0 Å². The molecule has 106 valence electrons. The van der Waals surface area contributed by atoms with Gasteiger partial charge >= 0.3 is 6.03 Å². The molecule has 1 aliphatic heterocycles. The van der Waals surface area contributed by atoms with Crippen molar-refractivity contribution in [3.63, 3.8) is 0 Å². The minimum atomic E-state index is -1.47. The van der Waals surface area contributed by atoms with Gasteiger partial charge in [0.2, 0.25) is 5.91 Å². The molecular formula is C13H14FN3O3. The average molecular weight is 279 g/mol. The summed E-state index contributed by atoms with van der Waals surface area (Å²) in [6, 6.07) is 5.06. The highest BCUT2D eigenvalue weighted by atomic mass is 19.1. The Bertz CT molecular complexity index is 590. The molecule has 4 amide bonds. The lowest BCUT2D eigenvalue weighted by Gasteiger charge is -2.22. The van der Waals surface area contributed by atoms with E-state index in [9.17, 15) is 18.8 Å². The number of imide groups is 1. The van der Waals surface area contributed by atoms with Crippen molar-refractivity contribution in [3.05, 3.63) is 35.6 Å². The summed E-state index contributed by atoms with van der Waals surface area (Å²) in [4.78, 5) is 35.8. The molecule has 1 fully saturated rings. The molecule has 7 heteroatoms. The van der Waals surface area contributed by atoms with Crippen LogP contribution in [0.2, 0.25) is 0 Å². The number of halogens is 1. The topological polar surface area (TPSA) is 92.5 Å². The van der Waals surface area contributed by atoms with Crippen LogP contribution in [0.5, 0.6) is 0 Å². The lowest BCUT2D eigenvalue weighted by molar-refractivity contribution is -0.131. The summed E-state index contributed by atoms with van der Waals surface area (Å²) in [5.74, 6) is -1.81. The Morgan fingerprint density at radius 1 is 1.40 bits per heavy atom. The molecule has 6 nitrogen and oxygen atoms in total. The first-order valence-electron chi connectivity index (χ1n) is 6.03. The van der Waals surface area contributed by atoms with Crippen LogP contribution >= 0.6 is 0 Å². The van der Waals surface area contributed by atoms with Gasteiger partial charge in [-0.3, -0.25) is 14.5 Å². The van der Waals surface area contributed by atoms with Crippen molar-refractivity contribution >= 4 is 17.8 Å². The summed E-state index contributed by atoms with van der Waals surface area (Å²) in [6.45, 7) is 1.31. The smallest absolute Gasteiger partial charge is 0.325 e. The van der Waals surface area contributed by atoms with Gasteiger partial charge in [-0.05, 0) is 13.0 Å². The molecule has 3 N–H and O–H groups in total. The van der Waals surface area contributed by atoms with Crippen LogP contribution in [-0.4, -0.2) is 29.3 Å². The van der Waals surface area contributed by atoms with Gasteiger partial charge in [0.25, 0.3) is 5.91 Å². The van der Waals surface area contributed by atoms with Crippen molar-refractivity contribution < 1.29 is 18.8 Å². The molecule has 1 unspecified atom stereocenters. The molecule has 0 radical (unpaired) electrons. The van der Waals surface area contributed by atoms with Crippen molar-refractivity contribution in [1.82, 2.24) is 10.2 Å². The second kappa shape index (κ2) is 4.92. The summed E-state index contributed by atoms with van der Waals surface area (Å²) >= 11 is 0. The molecule has 1 atom stereocenters. The minimum absolute atomic E-state index is 0.0833. The number of nitrogens with one attached hydrogen (secondary N) is 1. The third-order valence-electron chi connectivity index (χ3n) is 3.27. The van der Waals surface area contributed by atoms with Crippen molar-refractivity contribution in [2.75, 3.05) is 6.54 Å². The van der Waals surface area contributed by atoms with Crippen molar-refractivity contribution in [2.24, 2.45) is 5.73 Å². The summed E-state index contributed by atoms with van der Waals surface area (Å²) in [5.41, 5.74) is 3.61. The molecule has 1 saturated heterocycles. The molecule has 0 aromatic heterocycles. The van der Waals surface area contributed by atoms with E-state index < -0.39 is 29.2 Å². The number of amides is 4. The molecule has 1 aromatic carbocycles. The van der Waals surface area contributed by atoms with Gasteiger partial charge in [0, 0.05) is 18.5 Å². The largest absolute Gasteiger partial charge is 0.370 e. The standard InChI is InChI=1S/C13H14FN3O3/c1-13(8-4-2-3-5-9(8)14)11(19)17(12(20)16-13)7-6-10(15)18/h2-5H,6-7H2,1H3,(H2,15,18)(H,16,20). The van der Waals surface area contributed by atoms with Crippen LogP contribution < -0.4 is 11.1 Å². The second-order valence-corrected chi connectivity index (χ2v) is 4.71. The number of urea groups is 1. The van der Waals surface area contributed by atoms with Crippen LogP contribution in [-0.2, 0) is 15.1 Å². The van der Waals surface area contributed by atoms with E-state index in [-0.39, 0.29) is 18.5 Å². The quantitative estimate of drug-likeness (QED) is 0.784. The predicted octanol–water partition coefficient (Wildman–Crippen LogP) is 0.468. The maximum Gasteiger partial charge on any atom is 0.325 e. The molecule has 1 heterocycles. The minimum Gasteiger partial charge on any atom is -0.370 e. The van der Waals surface area contributed by atoms with Gasteiger partial charge < -0.3 is 11.1 Å². The Morgan fingerprint density at radius 3 is 2.65 bits per heavy atom. The van der Waals surface area contributed by atoms with Crippen LogP contribution in [0.4, 0.5) is 9.18 Å². The lowest BCUT2D eigenvalue weighted by atomic mass is 9.91. The number of hydrogen-bond acceptors (Lipinski definition) is 3. The van der Waals surface area contributed by atoms with E-state index >= 15 is 0 Å². The Labute approximate surface area is 114 Å². The molecule has 2 rings (SSSR count). The maximum absolute atomic E-state index is 13.8. The zero-order chi connectivity index (χ0) is 14.9. The summed E-state index contributed by atoms with van der Waals surface area (Å²) < 4.78 is 13.8. The normalized spacial score (nSPS) is 22.0. The van der Waals surface area contributed by atoms with Crippen molar-refractivity contribution in [3.8, 4) is 0 Å². The highest BCUT2D eigenvalue weighted by Gasteiger charge is 2.49. The third-order valence-corrected chi connectivity index (χ3v) is 3.27. The highest BCUT2D eigenvalue weighted by Crippen LogP contribution is 2.30. The Balaban J connectivity index is 2.31. The van der Waals surface area contributed by atoms with Gasteiger partial charge in [-0.1, -0.05) is 18.2 Å². The number of primary amides is 1. The van der Waals surface area contributed by atoms with Gasteiger partial charge in [-0.15, -0.1) is 0 Å². The second-order valence-electron chi connectivity index (χ2n) is 4.71. The zero-order valence-electron chi connectivity index (χ0n) is 10.9. The number of carbonyl (C=O) groups is 3. The fraction of sp³-hybridized carbons (Fsp3) is 0.308. The van der Waals surface area contributed by atoms with Gasteiger partial charge in [0.1, 0.15) is 11.4 Å². The monoisotopic (exact) mass is 279 g/mol. The highest BCUT2D eigenvalue weighted by molar-refractivity contribution is 6.07. The predicted molar refractivity (Wildman–Crippen MR) is 67.8 cm³/mol. The number of benzene rings is 1. The van der Waals surface area contributed by atoms with Gasteiger partial charge in [0.05, 0.1) is 0 Å². The maximum atomic E-state index is 13.8. The number of carbonyl (C=O) groups excluding carboxylic acids is 3. The summed E-state index contributed by atoms with van der Waals surface area (Å²) in [6.07, 6.45) is -0.132. The molecule has 0 spiro atoms. The van der Waals surface area contributed by atoms with Gasteiger partial charge in [0.15, 0.2) is 0 Å². The van der Waals surface area contributed by atoms with E-state index in [1.54, 1.807) is 6.07 Å². The SMILES string of the molecule is CC1(c2ccccc2F)NC(=O)N(CCC(N)=O)C1=O. The van der Waals surface area contributed by atoms with Crippen molar-refractivity contribution in [1.29, 1.82) is 0 Å². The fourth-order valence-electron chi connectivity index (χ4n) is 2.17. The van der Waals surface area contributed by atoms with Crippen LogP contribution in [0, 0.1) is 5.82 Å². The molecular weight excluding hydrogens is 265 g/mol. The molecule has 0 aliphatic carbocycles. The first-order chi connectivity index (χ1) is 9.36. The van der Waals surface area contributed by atoms with E-state index in [1.165, 1.54) is 25.1 Å². The Hall–Kier alpha value is -2.44. The van der Waals surface area contributed by atoms with E-state index in [0.717, 1.165) is 4.90 Å². The first kappa shape index (κ1) is 14.0. The van der Waals surface area contributed by atoms with Gasteiger partial charge in [-0.25, -0.2) is 9.18 Å². The fourth-order valence-corrected chi connectivity index (χ4v) is 2.17. The Kier molecular flexibility index (Phi) is 3.44. The number of nitrogens with two attached hydrogens (primary N) is 1. The van der Waals surface area contributed by atoms with E-state index in [1.807, 2.05) is 0 Å².